The predicted molar refractivity (Wildman–Crippen MR) is 93.6 cm³/mol. The summed E-state index contributed by atoms with van der Waals surface area (Å²) < 4.78 is 1.85. The van der Waals surface area contributed by atoms with E-state index < -0.39 is 0 Å². The van der Waals surface area contributed by atoms with E-state index in [1.54, 1.807) is 4.90 Å². The number of carbonyl (C=O) groups excluding carboxylic acids is 1. The van der Waals surface area contributed by atoms with Gasteiger partial charge in [-0.25, -0.2) is 4.68 Å². The Balaban J connectivity index is 1.84. The average Bonchev–Trinajstić information content (AvgIpc) is 3.15. The molecular weight excluding hydrogens is 326 g/mol. The first-order valence-corrected chi connectivity index (χ1v) is 8.60. The fraction of sp³-hybridized carbons (Fsp3) is 0.444. The van der Waals surface area contributed by atoms with Crippen molar-refractivity contribution in [3.63, 3.8) is 0 Å². The Kier molecular flexibility index (Phi) is 4.92. The molecule has 1 saturated heterocycles. The summed E-state index contributed by atoms with van der Waals surface area (Å²) >= 11 is 5.94. The number of aliphatic hydroxyl groups excluding tert-OH is 1. The van der Waals surface area contributed by atoms with Gasteiger partial charge in [0.2, 0.25) is 5.91 Å². The Hall–Kier alpha value is -1.85. The van der Waals surface area contributed by atoms with Gasteiger partial charge in [-0.1, -0.05) is 11.6 Å². The Morgan fingerprint density at radius 2 is 2.04 bits per heavy atom. The van der Waals surface area contributed by atoms with E-state index in [0.717, 1.165) is 42.0 Å². The van der Waals surface area contributed by atoms with Gasteiger partial charge >= 0.3 is 0 Å². The number of aryl methyl sites for hydroxylation is 1. The lowest BCUT2D eigenvalue weighted by Gasteiger charge is -2.23. The molecule has 0 unspecified atom stereocenters. The maximum Gasteiger partial charge on any atom is 0.227 e. The lowest BCUT2D eigenvalue weighted by molar-refractivity contribution is -0.132. The van der Waals surface area contributed by atoms with E-state index in [1.807, 2.05) is 42.8 Å². The van der Waals surface area contributed by atoms with E-state index in [0.29, 0.717) is 11.4 Å². The number of aromatic nitrogens is 2. The van der Waals surface area contributed by atoms with Gasteiger partial charge in [-0.15, -0.1) is 0 Å². The Morgan fingerprint density at radius 1 is 1.33 bits per heavy atom. The summed E-state index contributed by atoms with van der Waals surface area (Å²) in [6.45, 7) is 4.67. The van der Waals surface area contributed by atoms with Crippen LogP contribution in [0.3, 0.4) is 0 Å². The van der Waals surface area contributed by atoms with Crippen molar-refractivity contribution in [2.45, 2.75) is 39.2 Å². The number of benzene rings is 1. The number of aliphatic hydroxyl groups is 1. The highest BCUT2D eigenvalue weighted by molar-refractivity contribution is 6.30. The third-order valence-electron chi connectivity index (χ3n) is 4.75. The van der Waals surface area contributed by atoms with Crippen molar-refractivity contribution in [3.05, 3.63) is 46.2 Å². The van der Waals surface area contributed by atoms with Gasteiger partial charge in [-0.3, -0.25) is 4.79 Å². The molecule has 24 heavy (non-hydrogen) atoms. The van der Waals surface area contributed by atoms with Crippen LogP contribution in [-0.2, 0) is 11.2 Å². The summed E-state index contributed by atoms with van der Waals surface area (Å²) in [7, 11) is 0. The maximum atomic E-state index is 12.6. The number of nitrogens with zero attached hydrogens (tertiary/aromatic N) is 3. The van der Waals surface area contributed by atoms with Crippen LogP contribution < -0.4 is 0 Å². The van der Waals surface area contributed by atoms with Gasteiger partial charge in [-0.2, -0.15) is 5.10 Å². The molecule has 2 heterocycles. The molecule has 1 N–H and O–H groups in total. The van der Waals surface area contributed by atoms with Gasteiger partial charge < -0.3 is 10.0 Å². The average molecular weight is 348 g/mol. The number of hydrogen-bond acceptors (Lipinski definition) is 3. The monoisotopic (exact) mass is 347 g/mol. The van der Waals surface area contributed by atoms with E-state index in [-0.39, 0.29) is 18.6 Å². The topological polar surface area (TPSA) is 58.4 Å². The standard InChI is InChI=1S/C18H22ClN3O2/c1-12-17(10-18(24)21-9-3-4-16(21)11-23)13(2)22(20-12)15-7-5-14(19)6-8-15/h5-8,16,23H,3-4,9-11H2,1-2H3/t16-/m1/s1. The van der Waals surface area contributed by atoms with Crippen molar-refractivity contribution >= 4 is 17.5 Å². The molecule has 128 valence electrons. The minimum Gasteiger partial charge on any atom is -0.394 e. The van der Waals surface area contributed by atoms with Crippen molar-refractivity contribution < 1.29 is 9.90 Å². The highest BCUT2D eigenvalue weighted by Gasteiger charge is 2.29. The van der Waals surface area contributed by atoms with Crippen LogP contribution in [-0.4, -0.2) is 44.9 Å². The molecule has 0 bridgehead atoms. The van der Waals surface area contributed by atoms with Crippen LogP contribution in [0.4, 0.5) is 0 Å². The van der Waals surface area contributed by atoms with Gasteiger partial charge in [0.1, 0.15) is 0 Å². The number of rotatable bonds is 4. The minimum atomic E-state index is -0.0376. The molecule has 0 saturated carbocycles. The zero-order chi connectivity index (χ0) is 17.3. The first kappa shape index (κ1) is 17.0. The number of amides is 1. The minimum absolute atomic E-state index is 0.0355. The Bertz CT molecular complexity index is 739. The van der Waals surface area contributed by atoms with Crippen LogP contribution >= 0.6 is 11.6 Å². The maximum absolute atomic E-state index is 12.6. The fourth-order valence-electron chi connectivity index (χ4n) is 3.37. The molecule has 6 heteroatoms. The predicted octanol–water partition coefficient (Wildman–Crippen LogP) is 2.67. The van der Waals surface area contributed by atoms with E-state index >= 15 is 0 Å². The van der Waals surface area contributed by atoms with E-state index in [9.17, 15) is 9.90 Å². The Labute approximate surface area is 146 Å². The van der Waals surface area contributed by atoms with Crippen LogP contribution in [0.1, 0.15) is 29.8 Å². The molecule has 0 spiro atoms. The van der Waals surface area contributed by atoms with Crippen LogP contribution in [0.5, 0.6) is 0 Å². The first-order chi connectivity index (χ1) is 11.5. The van der Waals surface area contributed by atoms with Crippen LogP contribution in [0, 0.1) is 13.8 Å². The third-order valence-corrected chi connectivity index (χ3v) is 5.00. The van der Waals surface area contributed by atoms with Crippen LogP contribution in [0.25, 0.3) is 5.69 Å². The van der Waals surface area contributed by atoms with E-state index in [4.69, 9.17) is 11.6 Å². The molecule has 1 aliphatic rings. The zero-order valence-electron chi connectivity index (χ0n) is 14.0. The van der Waals surface area contributed by atoms with E-state index in [1.165, 1.54) is 0 Å². The largest absolute Gasteiger partial charge is 0.394 e. The summed E-state index contributed by atoms with van der Waals surface area (Å²) in [6.07, 6.45) is 2.16. The summed E-state index contributed by atoms with van der Waals surface area (Å²) in [5.74, 6) is 0.0633. The smallest absolute Gasteiger partial charge is 0.227 e. The van der Waals surface area contributed by atoms with Crippen LogP contribution in [0.2, 0.25) is 5.02 Å². The molecule has 3 rings (SSSR count). The number of carbonyl (C=O) groups is 1. The summed E-state index contributed by atoms with van der Waals surface area (Å²) in [5, 5.41) is 14.7. The highest BCUT2D eigenvalue weighted by Crippen LogP contribution is 2.23. The molecule has 2 aromatic rings. The molecule has 1 atom stereocenters. The Morgan fingerprint density at radius 3 is 2.71 bits per heavy atom. The molecule has 0 radical (unpaired) electrons. The van der Waals surface area contributed by atoms with Crippen LogP contribution in [0.15, 0.2) is 24.3 Å². The van der Waals surface area contributed by atoms with Gasteiger partial charge in [0, 0.05) is 22.8 Å². The van der Waals surface area contributed by atoms with Crippen molar-refractivity contribution in [1.29, 1.82) is 0 Å². The van der Waals surface area contributed by atoms with Crippen molar-refractivity contribution in [1.82, 2.24) is 14.7 Å². The summed E-state index contributed by atoms with van der Waals surface area (Å²) in [5.41, 5.74) is 3.70. The lowest BCUT2D eigenvalue weighted by Crippen LogP contribution is -2.38. The van der Waals surface area contributed by atoms with Gasteiger partial charge in [0.15, 0.2) is 0 Å². The number of halogens is 1. The SMILES string of the molecule is Cc1nn(-c2ccc(Cl)cc2)c(C)c1CC(=O)N1CCC[C@@H]1CO. The van der Waals surface area contributed by atoms with E-state index in [2.05, 4.69) is 5.10 Å². The van der Waals surface area contributed by atoms with Crippen molar-refractivity contribution in [2.24, 2.45) is 0 Å². The van der Waals surface area contributed by atoms with Gasteiger partial charge in [0.25, 0.3) is 0 Å². The molecule has 1 aromatic carbocycles. The second kappa shape index (κ2) is 6.95. The first-order valence-electron chi connectivity index (χ1n) is 8.22. The third kappa shape index (κ3) is 3.19. The molecule has 1 fully saturated rings. The van der Waals surface area contributed by atoms with Gasteiger partial charge in [0.05, 0.1) is 30.5 Å². The van der Waals surface area contributed by atoms with Crippen molar-refractivity contribution in [2.75, 3.05) is 13.2 Å². The number of hydrogen-bond donors (Lipinski definition) is 1. The normalized spacial score (nSPS) is 17.5. The summed E-state index contributed by atoms with van der Waals surface area (Å²) in [6, 6.07) is 7.44. The fourth-order valence-corrected chi connectivity index (χ4v) is 3.50. The molecule has 1 aliphatic heterocycles. The highest BCUT2D eigenvalue weighted by atomic mass is 35.5. The van der Waals surface area contributed by atoms with Gasteiger partial charge in [-0.05, 0) is 51.0 Å². The lowest BCUT2D eigenvalue weighted by atomic mass is 10.1. The molecule has 1 amide bonds. The van der Waals surface area contributed by atoms with Crippen molar-refractivity contribution in [3.8, 4) is 5.69 Å². The second-order valence-corrected chi connectivity index (χ2v) is 6.72. The summed E-state index contributed by atoms with van der Waals surface area (Å²) in [4.78, 5) is 14.4. The molecule has 1 aromatic heterocycles. The molecule has 5 nitrogen and oxygen atoms in total. The number of likely N-dealkylation sites (tertiary alicyclic amines) is 1. The quantitative estimate of drug-likeness (QED) is 0.925. The second-order valence-electron chi connectivity index (χ2n) is 6.28. The molecule has 0 aliphatic carbocycles. The molecular formula is C18H22ClN3O2. The zero-order valence-corrected chi connectivity index (χ0v) is 14.8.